The average Bonchev–Trinajstić information content (AvgIpc) is 1.89. The van der Waals surface area contributed by atoms with Crippen LogP contribution in [0.1, 0.15) is 19.8 Å². The van der Waals surface area contributed by atoms with E-state index in [1.165, 1.54) is 0 Å². The summed E-state index contributed by atoms with van der Waals surface area (Å²) in [6.45, 7) is 2.00. The van der Waals surface area contributed by atoms with Crippen LogP contribution >= 0.6 is 23.2 Å². The summed E-state index contributed by atoms with van der Waals surface area (Å²) >= 11 is 11.0. The molecule has 0 atom stereocenters. The first-order chi connectivity index (χ1) is 4.62. The second kappa shape index (κ2) is 4.75. The minimum atomic E-state index is -1.23. The van der Waals surface area contributed by atoms with Gasteiger partial charge in [-0.2, -0.15) is 0 Å². The summed E-state index contributed by atoms with van der Waals surface area (Å²) in [7, 11) is 0. The first-order valence-corrected chi connectivity index (χ1v) is 3.87. The fraction of sp³-hybridized carbons (Fsp3) is 0.571. The standard InChI is InChI=1S/C7H10Cl2O/c1-2-3-4-5-7(8,9)6-10/h3-4,6H,2,5H2,1H3/b4-3-. The van der Waals surface area contributed by atoms with Gasteiger partial charge in [-0.15, -0.1) is 0 Å². The maximum atomic E-state index is 10.1. The molecule has 1 nitrogen and oxygen atoms in total. The number of rotatable bonds is 4. The van der Waals surface area contributed by atoms with Crippen molar-refractivity contribution in [1.82, 2.24) is 0 Å². The van der Waals surface area contributed by atoms with Crippen LogP contribution in [-0.2, 0) is 4.79 Å². The number of carbonyl (C=O) groups is 1. The van der Waals surface area contributed by atoms with Crippen molar-refractivity contribution in [2.75, 3.05) is 0 Å². The third-order valence-corrected chi connectivity index (χ3v) is 1.45. The van der Waals surface area contributed by atoms with Gasteiger partial charge in [0.05, 0.1) is 0 Å². The van der Waals surface area contributed by atoms with E-state index in [-0.39, 0.29) is 0 Å². The monoisotopic (exact) mass is 180 g/mol. The van der Waals surface area contributed by atoms with Gasteiger partial charge in [0.1, 0.15) is 0 Å². The molecule has 0 unspecified atom stereocenters. The zero-order chi connectivity index (χ0) is 8.04. The van der Waals surface area contributed by atoms with Gasteiger partial charge in [0, 0.05) is 6.42 Å². The zero-order valence-electron chi connectivity index (χ0n) is 5.81. The Morgan fingerprint density at radius 3 is 2.40 bits per heavy atom. The molecular weight excluding hydrogens is 171 g/mol. The van der Waals surface area contributed by atoms with Crippen LogP contribution in [0.2, 0.25) is 0 Å². The van der Waals surface area contributed by atoms with E-state index in [0.717, 1.165) is 6.42 Å². The van der Waals surface area contributed by atoms with Crippen molar-refractivity contribution in [2.45, 2.75) is 24.1 Å². The van der Waals surface area contributed by atoms with Crippen LogP contribution in [0.5, 0.6) is 0 Å². The molecule has 0 saturated heterocycles. The topological polar surface area (TPSA) is 17.1 Å². The summed E-state index contributed by atoms with van der Waals surface area (Å²) in [5.74, 6) is 0. The normalized spacial score (nSPS) is 12.3. The SMILES string of the molecule is CC/C=C\CC(Cl)(Cl)C=O. The third kappa shape index (κ3) is 4.83. The summed E-state index contributed by atoms with van der Waals surface area (Å²) in [5, 5.41) is 0. The Labute approximate surface area is 71.0 Å². The Balaban J connectivity index is 3.66. The molecule has 0 amide bonds. The molecule has 0 aromatic carbocycles. The first kappa shape index (κ1) is 9.99. The molecule has 0 radical (unpaired) electrons. The van der Waals surface area contributed by atoms with E-state index < -0.39 is 4.33 Å². The van der Waals surface area contributed by atoms with E-state index in [0.29, 0.717) is 12.7 Å². The van der Waals surface area contributed by atoms with Crippen molar-refractivity contribution in [1.29, 1.82) is 0 Å². The highest BCUT2D eigenvalue weighted by Crippen LogP contribution is 2.22. The molecule has 0 spiro atoms. The van der Waals surface area contributed by atoms with E-state index >= 15 is 0 Å². The lowest BCUT2D eigenvalue weighted by Crippen LogP contribution is -2.12. The molecule has 0 bridgehead atoms. The number of carbonyl (C=O) groups excluding carboxylic acids is 1. The third-order valence-electron chi connectivity index (χ3n) is 0.965. The van der Waals surface area contributed by atoms with Gasteiger partial charge >= 0.3 is 0 Å². The lowest BCUT2D eigenvalue weighted by atomic mass is 10.3. The summed E-state index contributed by atoms with van der Waals surface area (Å²) in [4.78, 5) is 10.1. The molecule has 0 aliphatic rings. The Kier molecular flexibility index (Phi) is 4.75. The molecule has 0 saturated carbocycles. The van der Waals surface area contributed by atoms with Crippen molar-refractivity contribution >= 4 is 29.5 Å². The second-order valence-corrected chi connectivity index (χ2v) is 3.51. The lowest BCUT2D eigenvalue weighted by Gasteiger charge is -2.06. The molecule has 3 heteroatoms. The van der Waals surface area contributed by atoms with Crippen molar-refractivity contribution in [3.05, 3.63) is 12.2 Å². The largest absolute Gasteiger partial charge is 0.300 e. The summed E-state index contributed by atoms with van der Waals surface area (Å²) in [6, 6.07) is 0. The van der Waals surface area contributed by atoms with E-state index in [1.807, 2.05) is 13.0 Å². The van der Waals surface area contributed by atoms with E-state index in [1.54, 1.807) is 6.08 Å². The van der Waals surface area contributed by atoms with Gasteiger partial charge in [-0.05, 0) is 6.42 Å². The molecule has 10 heavy (non-hydrogen) atoms. The molecule has 0 fully saturated rings. The highest BCUT2D eigenvalue weighted by molar-refractivity contribution is 6.55. The summed E-state index contributed by atoms with van der Waals surface area (Å²) in [6.07, 6.45) is 5.57. The smallest absolute Gasteiger partial charge is 0.176 e. The van der Waals surface area contributed by atoms with Crippen LogP contribution in [0.25, 0.3) is 0 Å². The quantitative estimate of drug-likeness (QED) is 0.370. The number of alkyl halides is 2. The number of halogens is 2. The average molecular weight is 181 g/mol. The van der Waals surface area contributed by atoms with Crippen molar-refractivity contribution in [3.63, 3.8) is 0 Å². The molecule has 0 aromatic rings. The maximum Gasteiger partial charge on any atom is 0.176 e. The van der Waals surface area contributed by atoms with Crippen molar-refractivity contribution in [3.8, 4) is 0 Å². The number of hydrogen-bond donors (Lipinski definition) is 0. The predicted octanol–water partition coefficient (Wildman–Crippen LogP) is 2.72. The number of allylic oxidation sites excluding steroid dienone is 2. The van der Waals surface area contributed by atoms with E-state index in [9.17, 15) is 4.79 Å². The number of aldehydes is 1. The van der Waals surface area contributed by atoms with Gasteiger partial charge < -0.3 is 0 Å². The van der Waals surface area contributed by atoms with Crippen LogP contribution < -0.4 is 0 Å². The Hall–Kier alpha value is -0.0100. The van der Waals surface area contributed by atoms with Crippen LogP contribution in [-0.4, -0.2) is 10.6 Å². The molecule has 0 N–H and O–H groups in total. The van der Waals surface area contributed by atoms with Gasteiger partial charge in [-0.3, -0.25) is 4.79 Å². The molecule has 0 rings (SSSR count). The van der Waals surface area contributed by atoms with Crippen LogP contribution in [0.4, 0.5) is 0 Å². The minimum absolute atomic E-state index is 0.382. The van der Waals surface area contributed by atoms with Gasteiger partial charge in [0.15, 0.2) is 10.6 Å². The number of hydrogen-bond acceptors (Lipinski definition) is 1. The highest BCUT2D eigenvalue weighted by Gasteiger charge is 2.19. The van der Waals surface area contributed by atoms with Crippen LogP contribution in [0, 0.1) is 0 Å². The molecule has 0 aliphatic heterocycles. The molecule has 58 valence electrons. The zero-order valence-corrected chi connectivity index (χ0v) is 7.32. The van der Waals surface area contributed by atoms with Gasteiger partial charge in [0.25, 0.3) is 0 Å². The molecule has 0 aromatic heterocycles. The van der Waals surface area contributed by atoms with Crippen LogP contribution in [0.15, 0.2) is 12.2 Å². The first-order valence-electron chi connectivity index (χ1n) is 3.11. The highest BCUT2D eigenvalue weighted by atomic mass is 35.5. The summed E-state index contributed by atoms with van der Waals surface area (Å²) in [5.41, 5.74) is 0. The molecule has 0 heterocycles. The van der Waals surface area contributed by atoms with Gasteiger partial charge in [0.2, 0.25) is 0 Å². The lowest BCUT2D eigenvalue weighted by molar-refractivity contribution is -0.108. The van der Waals surface area contributed by atoms with E-state index in [2.05, 4.69) is 0 Å². The van der Waals surface area contributed by atoms with Gasteiger partial charge in [-0.1, -0.05) is 42.3 Å². The predicted molar refractivity (Wildman–Crippen MR) is 44.5 cm³/mol. The minimum Gasteiger partial charge on any atom is -0.300 e. The molecule has 0 aliphatic carbocycles. The van der Waals surface area contributed by atoms with Crippen molar-refractivity contribution in [2.24, 2.45) is 0 Å². The summed E-state index contributed by atoms with van der Waals surface area (Å²) < 4.78 is -1.23. The Morgan fingerprint density at radius 2 is 2.00 bits per heavy atom. The second-order valence-electron chi connectivity index (χ2n) is 1.96. The van der Waals surface area contributed by atoms with Gasteiger partial charge in [-0.25, -0.2) is 0 Å². The van der Waals surface area contributed by atoms with Crippen molar-refractivity contribution < 1.29 is 4.79 Å². The fourth-order valence-corrected chi connectivity index (χ4v) is 0.633. The molecular formula is C7H10Cl2O. The maximum absolute atomic E-state index is 10.1. The Morgan fingerprint density at radius 1 is 1.40 bits per heavy atom. The van der Waals surface area contributed by atoms with E-state index in [4.69, 9.17) is 23.2 Å². The Bertz CT molecular complexity index is 130. The van der Waals surface area contributed by atoms with Crippen LogP contribution in [0.3, 0.4) is 0 Å². The fourth-order valence-electron chi connectivity index (χ4n) is 0.455.